The minimum absolute atomic E-state index is 0.629. The largest absolute Gasteiger partial charge is 0.456 e. The summed E-state index contributed by atoms with van der Waals surface area (Å²) < 4.78 is 12.3. The third kappa shape index (κ3) is 2.75. The Kier molecular flexibility index (Phi) is 3.93. The van der Waals surface area contributed by atoms with Gasteiger partial charge in [0, 0.05) is 21.5 Å². The number of furan rings is 2. The third-order valence-corrected chi connectivity index (χ3v) is 6.68. The van der Waals surface area contributed by atoms with E-state index < -0.39 is 0 Å². The number of benzene rings is 5. The van der Waals surface area contributed by atoms with Crippen LogP contribution in [0.2, 0.25) is 5.02 Å². The molecule has 0 saturated heterocycles. The molecule has 0 fully saturated rings. The number of hydrogen-bond acceptors (Lipinski definition) is 2. The molecule has 0 unspecified atom stereocenters. The van der Waals surface area contributed by atoms with Crippen LogP contribution in [-0.2, 0) is 0 Å². The van der Waals surface area contributed by atoms with Crippen LogP contribution in [0.4, 0.5) is 0 Å². The molecule has 0 aliphatic carbocycles. The molecule has 7 rings (SSSR count). The lowest BCUT2D eigenvalue weighted by Gasteiger charge is -2.11. The highest BCUT2D eigenvalue weighted by molar-refractivity contribution is 6.35. The topological polar surface area (TPSA) is 26.3 Å². The average molecular weight is 445 g/mol. The van der Waals surface area contributed by atoms with E-state index in [1.807, 2.05) is 36.4 Å². The minimum atomic E-state index is 0.629. The molecule has 0 N–H and O–H groups in total. The van der Waals surface area contributed by atoms with Crippen molar-refractivity contribution in [2.75, 3.05) is 0 Å². The van der Waals surface area contributed by atoms with Gasteiger partial charge in [-0.1, -0.05) is 84.4 Å². The Morgan fingerprint density at radius 1 is 0.485 bits per heavy atom. The molecule has 2 nitrogen and oxygen atoms in total. The Morgan fingerprint density at radius 3 is 2.15 bits per heavy atom. The van der Waals surface area contributed by atoms with E-state index >= 15 is 0 Å². The van der Waals surface area contributed by atoms with Gasteiger partial charge in [0.1, 0.15) is 16.7 Å². The number of para-hydroxylation sites is 2. The van der Waals surface area contributed by atoms with Crippen LogP contribution in [0.5, 0.6) is 0 Å². The van der Waals surface area contributed by atoms with Crippen molar-refractivity contribution in [3.05, 3.63) is 108 Å². The van der Waals surface area contributed by atoms with E-state index in [1.54, 1.807) is 0 Å². The van der Waals surface area contributed by atoms with Crippen LogP contribution < -0.4 is 0 Å². The molecule has 0 saturated carbocycles. The van der Waals surface area contributed by atoms with E-state index in [4.69, 9.17) is 20.4 Å². The molecule has 0 radical (unpaired) electrons. The molecule has 33 heavy (non-hydrogen) atoms. The zero-order valence-electron chi connectivity index (χ0n) is 17.5. The summed E-state index contributed by atoms with van der Waals surface area (Å²) in [6.45, 7) is 0. The number of fused-ring (bicyclic) bond motifs is 6. The van der Waals surface area contributed by atoms with E-state index in [-0.39, 0.29) is 0 Å². The Morgan fingerprint density at radius 2 is 1.21 bits per heavy atom. The second-order valence-electron chi connectivity index (χ2n) is 8.25. The van der Waals surface area contributed by atoms with Gasteiger partial charge in [0.15, 0.2) is 5.58 Å². The number of hydrogen-bond donors (Lipinski definition) is 0. The van der Waals surface area contributed by atoms with E-state index in [0.29, 0.717) is 5.02 Å². The standard InChI is InChI=1S/C30H17ClO2/c31-25-12-5-11-23-21-16-15-18(17-28(21)33-30(23)25)19-7-1-2-8-20(19)22-10-6-14-27-29(22)24-9-3-4-13-26(24)32-27/h1-17H. The van der Waals surface area contributed by atoms with Crippen molar-refractivity contribution >= 4 is 55.5 Å². The van der Waals surface area contributed by atoms with Gasteiger partial charge in [-0.05, 0) is 52.6 Å². The lowest BCUT2D eigenvalue weighted by Crippen LogP contribution is -1.86. The van der Waals surface area contributed by atoms with Gasteiger partial charge in [-0.25, -0.2) is 0 Å². The van der Waals surface area contributed by atoms with Gasteiger partial charge in [0.2, 0.25) is 0 Å². The summed E-state index contributed by atoms with van der Waals surface area (Å²) in [5, 5.41) is 4.99. The van der Waals surface area contributed by atoms with Crippen molar-refractivity contribution in [1.82, 2.24) is 0 Å². The van der Waals surface area contributed by atoms with Crippen LogP contribution in [0, 0.1) is 0 Å². The molecule has 7 aromatic rings. The maximum atomic E-state index is 6.38. The SMILES string of the molecule is Clc1cccc2c1oc1cc(-c3ccccc3-c3cccc4oc5ccccc5c34)ccc12. The second kappa shape index (κ2) is 6.99. The summed E-state index contributed by atoms with van der Waals surface area (Å²) >= 11 is 6.38. The van der Waals surface area contributed by atoms with Crippen LogP contribution in [0.3, 0.4) is 0 Å². The van der Waals surface area contributed by atoms with Crippen LogP contribution >= 0.6 is 11.6 Å². The Bertz CT molecular complexity index is 1840. The van der Waals surface area contributed by atoms with Gasteiger partial charge >= 0.3 is 0 Å². The second-order valence-corrected chi connectivity index (χ2v) is 8.66. The first-order chi connectivity index (χ1) is 16.3. The van der Waals surface area contributed by atoms with Gasteiger partial charge in [0.05, 0.1) is 5.02 Å². The minimum Gasteiger partial charge on any atom is -0.456 e. The summed E-state index contributed by atoms with van der Waals surface area (Å²) in [4.78, 5) is 0. The fourth-order valence-electron chi connectivity index (χ4n) is 4.90. The Hall–Kier alpha value is -4.01. The van der Waals surface area contributed by atoms with E-state index in [0.717, 1.165) is 66.1 Å². The van der Waals surface area contributed by atoms with Crippen molar-refractivity contribution in [2.45, 2.75) is 0 Å². The van der Waals surface area contributed by atoms with E-state index in [2.05, 4.69) is 66.7 Å². The molecule has 156 valence electrons. The molecule has 5 aromatic carbocycles. The van der Waals surface area contributed by atoms with Gasteiger partial charge in [-0.2, -0.15) is 0 Å². The Balaban J connectivity index is 1.49. The quantitative estimate of drug-likeness (QED) is 0.265. The van der Waals surface area contributed by atoms with Crippen molar-refractivity contribution in [1.29, 1.82) is 0 Å². The smallest absolute Gasteiger partial charge is 0.153 e. The van der Waals surface area contributed by atoms with Crippen LogP contribution in [0.25, 0.3) is 66.1 Å². The first kappa shape index (κ1) is 18.6. The molecule has 0 amide bonds. The van der Waals surface area contributed by atoms with Crippen molar-refractivity contribution in [3.8, 4) is 22.3 Å². The summed E-state index contributed by atoms with van der Waals surface area (Å²) in [6, 6.07) is 35.2. The fourth-order valence-corrected chi connectivity index (χ4v) is 5.11. The third-order valence-electron chi connectivity index (χ3n) is 6.38. The first-order valence-corrected chi connectivity index (χ1v) is 11.3. The highest BCUT2D eigenvalue weighted by Gasteiger charge is 2.16. The molecule has 0 aliphatic heterocycles. The first-order valence-electron chi connectivity index (χ1n) is 10.9. The number of rotatable bonds is 2. The lowest BCUT2D eigenvalue weighted by molar-refractivity contribution is 0.668. The molecule has 0 spiro atoms. The highest BCUT2D eigenvalue weighted by atomic mass is 35.5. The van der Waals surface area contributed by atoms with Crippen molar-refractivity contribution in [2.24, 2.45) is 0 Å². The van der Waals surface area contributed by atoms with E-state index in [1.165, 1.54) is 0 Å². The molecule has 0 atom stereocenters. The lowest BCUT2D eigenvalue weighted by atomic mass is 9.91. The highest BCUT2D eigenvalue weighted by Crippen LogP contribution is 2.42. The monoisotopic (exact) mass is 444 g/mol. The molecule has 0 aliphatic rings. The summed E-state index contributed by atoms with van der Waals surface area (Å²) in [6.07, 6.45) is 0. The molecular weight excluding hydrogens is 428 g/mol. The van der Waals surface area contributed by atoms with Crippen LogP contribution in [-0.4, -0.2) is 0 Å². The Labute approximate surface area is 194 Å². The normalized spacial score (nSPS) is 11.8. The summed E-state index contributed by atoms with van der Waals surface area (Å²) in [5.74, 6) is 0. The molecule has 0 bridgehead atoms. The van der Waals surface area contributed by atoms with Gasteiger partial charge in [-0.15, -0.1) is 0 Å². The molecule has 3 heteroatoms. The fraction of sp³-hybridized carbons (Fsp3) is 0. The maximum Gasteiger partial charge on any atom is 0.153 e. The van der Waals surface area contributed by atoms with Crippen molar-refractivity contribution in [3.63, 3.8) is 0 Å². The predicted molar refractivity (Wildman–Crippen MR) is 137 cm³/mol. The molecular formula is C30H17ClO2. The maximum absolute atomic E-state index is 6.38. The zero-order chi connectivity index (χ0) is 21.9. The number of halogens is 1. The van der Waals surface area contributed by atoms with Gasteiger partial charge < -0.3 is 8.83 Å². The van der Waals surface area contributed by atoms with Crippen LogP contribution in [0.1, 0.15) is 0 Å². The summed E-state index contributed by atoms with van der Waals surface area (Å²) in [5.41, 5.74) is 7.90. The van der Waals surface area contributed by atoms with Gasteiger partial charge in [0.25, 0.3) is 0 Å². The average Bonchev–Trinajstić information content (AvgIpc) is 3.43. The van der Waals surface area contributed by atoms with E-state index in [9.17, 15) is 0 Å². The molecule has 2 aromatic heterocycles. The van der Waals surface area contributed by atoms with Crippen molar-refractivity contribution < 1.29 is 8.83 Å². The summed E-state index contributed by atoms with van der Waals surface area (Å²) in [7, 11) is 0. The predicted octanol–water partition coefficient (Wildman–Crippen LogP) is 9.47. The van der Waals surface area contributed by atoms with Gasteiger partial charge in [-0.3, -0.25) is 0 Å². The molecule has 2 heterocycles. The zero-order valence-corrected chi connectivity index (χ0v) is 18.3. The van der Waals surface area contributed by atoms with Crippen LogP contribution in [0.15, 0.2) is 112 Å².